The van der Waals surface area contributed by atoms with Crippen molar-refractivity contribution in [1.82, 2.24) is 15.6 Å². The molecule has 21 heavy (non-hydrogen) atoms. The monoisotopic (exact) mass is 312 g/mol. The van der Waals surface area contributed by atoms with Crippen LogP contribution in [0.4, 0.5) is 5.82 Å². The van der Waals surface area contributed by atoms with Crippen molar-refractivity contribution in [2.24, 2.45) is 0 Å². The van der Waals surface area contributed by atoms with Gasteiger partial charge in [-0.25, -0.2) is 4.98 Å². The number of pyridine rings is 1. The summed E-state index contributed by atoms with van der Waals surface area (Å²) in [4.78, 5) is 27.9. The van der Waals surface area contributed by atoms with E-state index in [2.05, 4.69) is 20.9 Å². The Kier molecular flexibility index (Phi) is 6.94. The van der Waals surface area contributed by atoms with E-state index in [1.807, 2.05) is 13.8 Å². The number of carbonyl (C=O) groups excluding carboxylic acids is 2. The fourth-order valence-electron chi connectivity index (χ4n) is 1.63. The van der Waals surface area contributed by atoms with E-state index in [1.165, 1.54) is 6.20 Å². The molecule has 1 rings (SSSR count). The van der Waals surface area contributed by atoms with Crippen LogP contribution in [-0.2, 0) is 4.79 Å². The van der Waals surface area contributed by atoms with Crippen molar-refractivity contribution in [2.45, 2.75) is 33.2 Å². The van der Waals surface area contributed by atoms with Crippen LogP contribution in [0.5, 0.6) is 0 Å². The molecule has 0 bridgehead atoms. The van der Waals surface area contributed by atoms with Crippen molar-refractivity contribution in [3.05, 3.63) is 22.8 Å². The van der Waals surface area contributed by atoms with Crippen LogP contribution in [0.15, 0.2) is 12.3 Å². The molecule has 2 amide bonds. The molecular formula is C14H21ClN4O2. The van der Waals surface area contributed by atoms with Crippen molar-refractivity contribution in [3.8, 4) is 0 Å². The molecule has 1 unspecified atom stereocenters. The van der Waals surface area contributed by atoms with Gasteiger partial charge in [0.05, 0.1) is 10.6 Å². The van der Waals surface area contributed by atoms with Gasteiger partial charge >= 0.3 is 0 Å². The summed E-state index contributed by atoms with van der Waals surface area (Å²) in [7, 11) is 0. The van der Waals surface area contributed by atoms with Gasteiger partial charge in [0.15, 0.2) is 0 Å². The third-order valence-electron chi connectivity index (χ3n) is 2.75. The second kappa shape index (κ2) is 8.46. The number of hydrogen-bond acceptors (Lipinski definition) is 4. The number of anilines is 1. The van der Waals surface area contributed by atoms with Crippen molar-refractivity contribution >= 4 is 29.2 Å². The molecule has 1 heterocycles. The first-order valence-electron chi connectivity index (χ1n) is 6.97. The number of aromatic nitrogens is 1. The molecule has 0 aliphatic rings. The maximum Gasteiger partial charge on any atom is 0.253 e. The highest BCUT2D eigenvalue weighted by molar-refractivity contribution is 6.33. The Balaban J connectivity index is 2.79. The highest BCUT2D eigenvalue weighted by atomic mass is 35.5. The summed E-state index contributed by atoms with van der Waals surface area (Å²) >= 11 is 6.00. The second-order valence-electron chi connectivity index (χ2n) is 4.57. The van der Waals surface area contributed by atoms with Crippen LogP contribution < -0.4 is 16.0 Å². The Bertz CT molecular complexity index is 508. The van der Waals surface area contributed by atoms with E-state index in [1.54, 1.807) is 13.0 Å². The minimum Gasteiger partial charge on any atom is -0.370 e. The van der Waals surface area contributed by atoms with Crippen molar-refractivity contribution in [3.63, 3.8) is 0 Å². The first-order valence-corrected chi connectivity index (χ1v) is 7.35. The van der Waals surface area contributed by atoms with Gasteiger partial charge < -0.3 is 16.0 Å². The summed E-state index contributed by atoms with van der Waals surface area (Å²) in [5, 5.41) is 8.59. The van der Waals surface area contributed by atoms with E-state index in [4.69, 9.17) is 11.6 Å². The number of carbonyl (C=O) groups is 2. The summed E-state index contributed by atoms with van der Waals surface area (Å²) in [5.74, 6) is -0.0573. The highest BCUT2D eigenvalue weighted by Gasteiger charge is 2.18. The van der Waals surface area contributed by atoms with Crippen LogP contribution >= 0.6 is 11.6 Å². The lowest BCUT2D eigenvalue weighted by molar-refractivity contribution is -0.122. The molecule has 1 atom stereocenters. The molecule has 0 radical (unpaired) electrons. The van der Waals surface area contributed by atoms with Gasteiger partial charge in [-0.15, -0.1) is 0 Å². The number of hydrogen-bond donors (Lipinski definition) is 3. The lowest BCUT2D eigenvalue weighted by atomic mass is 10.2. The molecule has 0 aliphatic heterocycles. The molecular weight excluding hydrogens is 292 g/mol. The van der Waals surface area contributed by atoms with Gasteiger partial charge in [0.2, 0.25) is 5.91 Å². The first kappa shape index (κ1) is 17.2. The standard InChI is InChI=1S/C14H21ClN4O2/c1-4-6-17-12-7-10(11(15)8-18-12)14(21)19-9(3)13(20)16-5-2/h7-9H,4-6H2,1-3H3,(H,16,20)(H,17,18)(H,19,21). The average Bonchev–Trinajstić information content (AvgIpc) is 2.46. The third kappa shape index (κ3) is 5.23. The molecule has 0 aromatic carbocycles. The predicted molar refractivity (Wildman–Crippen MR) is 83.6 cm³/mol. The number of amides is 2. The van der Waals surface area contributed by atoms with Gasteiger partial charge in [-0.1, -0.05) is 18.5 Å². The zero-order valence-corrected chi connectivity index (χ0v) is 13.3. The number of rotatable bonds is 7. The van der Waals surface area contributed by atoms with Crippen LogP contribution in [0, 0.1) is 0 Å². The SMILES string of the molecule is CCCNc1cc(C(=O)NC(C)C(=O)NCC)c(Cl)cn1. The molecule has 0 aliphatic carbocycles. The van der Waals surface area contributed by atoms with Crippen molar-refractivity contribution < 1.29 is 9.59 Å². The summed E-state index contributed by atoms with van der Waals surface area (Å²) in [6, 6.07) is 0.950. The van der Waals surface area contributed by atoms with Gasteiger partial charge in [0.1, 0.15) is 11.9 Å². The maximum atomic E-state index is 12.2. The molecule has 0 saturated carbocycles. The molecule has 7 heteroatoms. The van der Waals surface area contributed by atoms with Crippen LogP contribution in [0.1, 0.15) is 37.6 Å². The number of halogens is 1. The molecule has 1 aromatic heterocycles. The van der Waals surface area contributed by atoms with E-state index in [9.17, 15) is 9.59 Å². The molecule has 3 N–H and O–H groups in total. The lowest BCUT2D eigenvalue weighted by Crippen LogP contribution is -2.44. The van der Waals surface area contributed by atoms with Gasteiger partial charge in [0.25, 0.3) is 5.91 Å². The van der Waals surface area contributed by atoms with E-state index < -0.39 is 11.9 Å². The predicted octanol–water partition coefficient (Wildman–Crippen LogP) is 1.81. The van der Waals surface area contributed by atoms with Crippen molar-refractivity contribution in [2.75, 3.05) is 18.4 Å². The zero-order chi connectivity index (χ0) is 15.8. The molecule has 0 saturated heterocycles. The van der Waals surface area contributed by atoms with Gasteiger partial charge in [0, 0.05) is 19.3 Å². The second-order valence-corrected chi connectivity index (χ2v) is 4.97. The zero-order valence-electron chi connectivity index (χ0n) is 12.5. The van der Waals surface area contributed by atoms with Crippen LogP contribution in [-0.4, -0.2) is 35.9 Å². The third-order valence-corrected chi connectivity index (χ3v) is 3.05. The van der Waals surface area contributed by atoms with Crippen LogP contribution in [0.2, 0.25) is 5.02 Å². The Labute approximate surface area is 129 Å². The van der Waals surface area contributed by atoms with Gasteiger partial charge in [-0.05, 0) is 26.3 Å². The molecule has 116 valence electrons. The Morgan fingerprint density at radius 2 is 2.10 bits per heavy atom. The number of likely N-dealkylation sites (N-methyl/N-ethyl adjacent to an activating group) is 1. The van der Waals surface area contributed by atoms with Gasteiger partial charge in [-0.3, -0.25) is 9.59 Å². The number of nitrogens with one attached hydrogen (secondary N) is 3. The van der Waals surface area contributed by atoms with E-state index in [0.717, 1.165) is 13.0 Å². The minimum absolute atomic E-state index is 0.236. The van der Waals surface area contributed by atoms with Gasteiger partial charge in [-0.2, -0.15) is 0 Å². The van der Waals surface area contributed by atoms with E-state index >= 15 is 0 Å². The largest absolute Gasteiger partial charge is 0.370 e. The molecule has 6 nitrogen and oxygen atoms in total. The average molecular weight is 313 g/mol. The lowest BCUT2D eigenvalue weighted by Gasteiger charge is -2.14. The topological polar surface area (TPSA) is 83.1 Å². The summed E-state index contributed by atoms with van der Waals surface area (Å²) in [6.45, 7) is 6.74. The molecule has 0 spiro atoms. The number of nitrogens with zero attached hydrogens (tertiary/aromatic N) is 1. The summed E-state index contributed by atoms with van der Waals surface area (Å²) in [6.07, 6.45) is 2.37. The van der Waals surface area contributed by atoms with Crippen molar-refractivity contribution in [1.29, 1.82) is 0 Å². The van der Waals surface area contributed by atoms with Crippen LogP contribution in [0.3, 0.4) is 0 Å². The Morgan fingerprint density at radius 3 is 2.71 bits per heavy atom. The fourth-order valence-corrected chi connectivity index (χ4v) is 1.82. The highest BCUT2D eigenvalue weighted by Crippen LogP contribution is 2.18. The smallest absolute Gasteiger partial charge is 0.253 e. The summed E-state index contributed by atoms with van der Waals surface area (Å²) < 4.78 is 0. The Morgan fingerprint density at radius 1 is 1.38 bits per heavy atom. The maximum absolute atomic E-state index is 12.2. The Hall–Kier alpha value is -1.82. The van der Waals surface area contributed by atoms with E-state index in [0.29, 0.717) is 17.9 Å². The fraction of sp³-hybridized carbons (Fsp3) is 0.500. The molecule has 0 fully saturated rings. The van der Waals surface area contributed by atoms with E-state index in [-0.39, 0.29) is 10.9 Å². The quantitative estimate of drug-likeness (QED) is 0.717. The normalized spacial score (nSPS) is 11.6. The minimum atomic E-state index is -0.631. The first-order chi connectivity index (χ1) is 9.99. The molecule has 1 aromatic rings. The van der Waals surface area contributed by atoms with Crippen LogP contribution in [0.25, 0.3) is 0 Å². The summed E-state index contributed by atoms with van der Waals surface area (Å²) in [5.41, 5.74) is 0.293.